The molecule has 0 aliphatic carbocycles. The van der Waals surface area contributed by atoms with Crippen molar-refractivity contribution < 1.29 is 4.74 Å². The summed E-state index contributed by atoms with van der Waals surface area (Å²) in [6.45, 7) is 9.03. The fourth-order valence-corrected chi connectivity index (χ4v) is 2.72. The van der Waals surface area contributed by atoms with Crippen LogP contribution in [0.5, 0.6) is 0 Å². The lowest BCUT2D eigenvalue weighted by Crippen LogP contribution is -2.41. The van der Waals surface area contributed by atoms with E-state index in [0.717, 1.165) is 13.0 Å². The molecule has 3 heteroatoms. The number of ether oxygens (including phenoxy) is 1. The van der Waals surface area contributed by atoms with Gasteiger partial charge in [0.1, 0.15) is 0 Å². The molecule has 3 nitrogen and oxygen atoms in total. The average Bonchev–Trinajstić information content (AvgIpc) is 2.69. The number of likely N-dealkylation sites (tertiary alicyclic amines) is 1. The summed E-state index contributed by atoms with van der Waals surface area (Å²) in [5, 5.41) is 0. The largest absolute Gasteiger partial charge is 0.372 e. The highest BCUT2D eigenvalue weighted by molar-refractivity contribution is 4.82. The van der Waals surface area contributed by atoms with E-state index in [1.165, 1.54) is 32.4 Å². The molecule has 0 aromatic rings. The second kappa shape index (κ2) is 5.03. The van der Waals surface area contributed by atoms with Gasteiger partial charge in [0, 0.05) is 13.1 Å². The Labute approximate surface area is 99.3 Å². The van der Waals surface area contributed by atoms with E-state index in [1.54, 1.807) is 0 Å². The van der Waals surface area contributed by atoms with Crippen molar-refractivity contribution in [1.82, 2.24) is 4.90 Å². The van der Waals surface area contributed by atoms with Crippen molar-refractivity contribution in [2.24, 2.45) is 11.1 Å². The smallest absolute Gasteiger partial charge is 0.0707 e. The minimum absolute atomic E-state index is 0.325. The number of piperidine rings is 1. The highest BCUT2D eigenvalue weighted by atomic mass is 16.5. The standard InChI is InChI=1S/C13H26N2O/c1-13(2)5-7-15(8-6-13)10-12-4-3-11(9-14)16-12/h11-12H,3-10,14H2,1-2H3. The zero-order valence-corrected chi connectivity index (χ0v) is 10.7. The molecule has 2 saturated heterocycles. The molecule has 2 fully saturated rings. The van der Waals surface area contributed by atoms with Crippen LogP contribution in [0.4, 0.5) is 0 Å². The fourth-order valence-electron chi connectivity index (χ4n) is 2.72. The van der Waals surface area contributed by atoms with E-state index in [2.05, 4.69) is 18.7 Å². The maximum atomic E-state index is 5.90. The lowest BCUT2D eigenvalue weighted by atomic mass is 9.82. The average molecular weight is 226 g/mol. The minimum Gasteiger partial charge on any atom is -0.372 e. The van der Waals surface area contributed by atoms with Gasteiger partial charge in [0.05, 0.1) is 12.2 Å². The molecule has 0 radical (unpaired) electrons. The summed E-state index contributed by atoms with van der Waals surface area (Å²) in [6, 6.07) is 0. The third-order valence-electron chi connectivity index (χ3n) is 4.13. The van der Waals surface area contributed by atoms with Crippen LogP contribution in [0.1, 0.15) is 39.5 Å². The van der Waals surface area contributed by atoms with Crippen molar-refractivity contribution in [1.29, 1.82) is 0 Å². The molecule has 2 rings (SSSR count). The summed E-state index contributed by atoms with van der Waals surface area (Å²) < 4.78 is 5.90. The molecule has 2 aliphatic heterocycles. The monoisotopic (exact) mass is 226 g/mol. The summed E-state index contributed by atoms with van der Waals surface area (Å²) in [7, 11) is 0. The van der Waals surface area contributed by atoms with Gasteiger partial charge in [-0.2, -0.15) is 0 Å². The number of hydrogen-bond donors (Lipinski definition) is 1. The molecule has 0 saturated carbocycles. The summed E-state index contributed by atoms with van der Waals surface area (Å²) >= 11 is 0. The van der Waals surface area contributed by atoms with E-state index in [1.807, 2.05) is 0 Å². The van der Waals surface area contributed by atoms with Crippen LogP contribution in [0.2, 0.25) is 0 Å². The van der Waals surface area contributed by atoms with Crippen molar-refractivity contribution in [3.05, 3.63) is 0 Å². The Bertz CT molecular complexity index is 220. The maximum Gasteiger partial charge on any atom is 0.0707 e. The molecule has 2 heterocycles. The lowest BCUT2D eigenvalue weighted by Gasteiger charge is -2.37. The second-order valence-corrected chi connectivity index (χ2v) is 6.16. The molecule has 2 unspecified atom stereocenters. The van der Waals surface area contributed by atoms with Gasteiger partial charge in [0.15, 0.2) is 0 Å². The Kier molecular flexibility index (Phi) is 3.88. The minimum atomic E-state index is 0.325. The summed E-state index contributed by atoms with van der Waals surface area (Å²) in [6.07, 6.45) is 5.75. The second-order valence-electron chi connectivity index (χ2n) is 6.16. The molecule has 2 aliphatic rings. The van der Waals surface area contributed by atoms with Crippen LogP contribution >= 0.6 is 0 Å². The van der Waals surface area contributed by atoms with Crippen LogP contribution in [0.15, 0.2) is 0 Å². The van der Waals surface area contributed by atoms with Gasteiger partial charge in [-0.1, -0.05) is 13.8 Å². The molecule has 0 bridgehead atoms. The Balaban J connectivity index is 1.71. The van der Waals surface area contributed by atoms with Crippen LogP contribution < -0.4 is 5.73 Å². The molecule has 2 atom stereocenters. The normalized spacial score (nSPS) is 35.4. The number of rotatable bonds is 3. The van der Waals surface area contributed by atoms with Gasteiger partial charge in [-0.25, -0.2) is 0 Å². The Morgan fingerprint density at radius 2 is 1.81 bits per heavy atom. The molecule has 0 spiro atoms. The van der Waals surface area contributed by atoms with E-state index in [-0.39, 0.29) is 0 Å². The van der Waals surface area contributed by atoms with Gasteiger partial charge in [0.2, 0.25) is 0 Å². The van der Waals surface area contributed by atoms with Crippen molar-refractivity contribution in [3.8, 4) is 0 Å². The van der Waals surface area contributed by atoms with Gasteiger partial charge in [0.25, 0.3) is 0 Å². The SMILES string of the molecule is CC1(C)CCN(CC2CCC(CN)O2)CC1. The summed E-state index contributed by atoms with van der Waals surface area (Å²) in [5.41, 5.74) is 6.17. The van der Waals surface area contributed by atoms with Crippen LogP contribution in [-0.4, -0.2) is 43.3 Å². The fraction of sp³-hybridized carbons (Fsp3) is 1.00. The van der Waals surface area contributed by atoms with E-state index in [0.29, 0.717) is 24.2 Å². The number of nitrogens with two attached hydrogens (primary N) is 1. The topological polar surface area (TPSA) is 38.5 Å². The lowest BCUT2D eigenvalue weighted by molar-refractivity contribution is 0.0143. The first kappa shape index (κ1) is 12.3. The van der Waals surface area contributed by atoms with Gasteiger partial charge in [-0.05, 0) is 44.2 Å². The van der Waals surface area contributed by atoms with Crippen LogP contribution in [0, 0.1) is 5.41 Å². The molecule has 94 valence electrons. The Morgan fingerprint density at radius 1 is 1.19 bits per heavy atom. The van der Waals surface area contributed by atoms with Crippen molar-refractivity contribution in [2.75, 3.05) is 26.2 Å². The number of nitrogens with zero attached hydrogens (tertiary/aromatic N) is 1. The third-order valence-corrected chi connectivity index (χ3v) is 4.13. The summed E-state index contributed by atoms with van der Waals surface area (Å²) in [5.74, 6) is 0. The van der Waals surface area contributed by atoms with E-state index < -0.39 is 0 Å². The third kappa shape index (κ3) is 3.19. The van der Waals surface area contributed by atoms with Crippen LogP contribution in [-0.2, 0) is 4.74 Å². The van der Waals surface area contributed by atoms with Crippen molar-refractivity contribution in [2.45, 2.75) is 51.7 Å². The molecule has 2 N–H and O–H groups in total. The zero-order valence-electron chi connectivity index (χ0n) is 10.7. The Morgan fingerprint density at radius 3 is 2.38 bits per heavy atom. The Hall–Kier alpha value is -0.120. The predicted octanol–water partition coefficient (Wildman–Crippen LogP) is 1.61. The van der Waals surface area contributed by atoms with Crippen LogP contribution in [0.25, 0.3) is 0 Å². The van der Waals surface area contributed by atoms with Gasteiger partial charge >= 0.3 is 0 Å². The van der Waals surface area contributed by atoms with Gasteiger partial charge in [-0.3, -0.25) is 0 Å². The molecular formula is C13H26N2O. The first-order chi connectivity index (χ1) is 7.59. The molecule has 0 aromatic carbocycles. The van der Waals surface area contributed by atoms with Crippen LogP contribution in [0.3, 0.4) is 0 Å². The predicted molar refractivity (Wildman–Crippen MR) is 66.4 cm³/mol. The molecular weight excluding hydrogens is 200 g/mol. The molecule has 0 amide bonds. The molecule has 16 heavy (non-hydrogen) atoms. The van der Waals surface area contributed by atoms with Crippen molar-refractivity contribution >= 4 is 0 Å². The molecule has 0 aromatic heterocycles. The van der Waals surface area contributed by atoms with E-state index in [4.69, 9.17) is 10.5 Å². The van der Waals surface area contributed by atoms with Gasteiger partial charge < -0.3 is 15.4 Å². The van der Waals surface area contributed by atoms with E-state index >= 15 is 0 Å². The maximum absolute atomic E-state index is 5.90. The van der Waals surface area contributed by atoms with Crippen molar-refractivity contribution in [3.63, 3.8) is 0 Å². The zero-order chi connectivity index (χ0) is 11.6. The highest BCUT2D eigenvalue weighted by Crippen LogP contribution is 2.30. The number of hydrogen-bond acceptors (Lipinski definition) is 3. The van der Waals surface area contributed by atoms with E-state index in [9.17, 15) is 0 Å². The first-order valence-electron chi connectivity index (χ1n) is 6.67. The first-order valence-corrected chi connectivity index (χ1v) is 6.67. The summed E-state index contributed by atoms with van der Waals surface area (Å²) in [4.78, 5) is 2.56. The van der Waals surface area contributed by atoms with Gasteiger partial charge in [-0.15, -0.1) is 0 Å². The highest BCUT2D eigenvalue weighted by Gasteiger charge is 2.29. The quantitative estimate of drug-likeness (QED) is 0.794.